The molecule has 2 N–H and O–H groups in total. The predicted octanol–water partition coefficient (Wildman–Crippen LogP) is 3.18. The first-order valence-electron chi connectivity index (χ1n) is 10.3. The molecule has 3 heterocycles. The molecule has 0 aliphatic rings. The number of aromatic carboxylic acids is 1. The Kier molecular flexibility index (Phi) is 6.16. The fourth-order valence-corrected chi connectivity index (χ4v) is 3.56. The second-order valence-corrected chi connectivity index (χ2v) is 7.39. The fourth-order valence-electron chi connectivity index (χ4n) is 3.56. The van der Waals surface area contributed by atoms with Crippen molar-refractivity contribution in [3.8, 4) is 22.5 Å². The summed E-state index contributed by atoms with van der Waals surface area (Å²) in [4.78, 5) is 28.6. The van der Waals surface area contributed by atoms with Crippen LogP contribution in [0, 0.1) is 0 Å². The number of aromatic amines is 1. The van der Waals surface area contributed by atoms with Crippen LogP contribution in [0.4, 0.5) is 0 Å². The van der Waals surface area contributed by atoms with Gasteiger partial charge in [0, 0.05) is 29.1 Å². The van der Waals surface area contributed by atoms with E-state index >= 15 is 0 Å². The predicted molar refractivity (Wildman–Crippen MR) is 118 cm³/mol. The summed E-state index contributed by atoms with van der Waals surface area (Å²) in [6.07, 6.45) is 4.18. The van der Waals surface area contributed by atoms with Crippen molar-refractivity contribution >= 4 is 5.97 Å². The number of benzene rings is 1. The molecular formula is C23H22N6O3. The Morgan fingerprint density at radius 3 is 2.59 bits per heavy atom. The van der Waals surface area contributed by atoms with Gasteiger partial charge in [-0.1, -0.05) is 43.7 Å². The van der Waals surface area contributed by atoms with Gasteiger partial charge in [-0.05, 0) is 35.8 Å². The molecule has 0 bridgehead atoms. The lowest BCUT2D eigenvalue weighted by Gasteiger charge is -2.14. The van der Waals surface area contributed by atoms with E-state index in [0.717, 1.165) is 35.6 Å². The highest BCUT2D eigenvalue weighted by Gasteiger charge is 2.14. The molecule has 1 aromatic carbocycles. The van der Waals surface area contributed by atoms with Gasteiger partial charge in [-0.25, -0.2) is 4.79 Å². The molecule has 0 amide bonds. The number of carboxylic acid groups (broad SMARTS) is 1. The Bertz CT molecular complexity index is 1280. The number of carboxylic acids is 1. The van der Waals surface area contributed by atoms with Gasteiger partial charge in [0.15, 0.2) is 0 Å². The smallest absolute Gasteiger partial charge is 0.335 e. The number of rotatable bonds is 8. The number of nitrogens with one attached hydrogen (secondary N) is 1. The van der Waals surface area contributed by atoms with E-state index in [1.165, 1.54) is 0 Å². The van der Waals surface area contributed by atoms with E-state index in [2.05, 4.69) is 32.5 Å². The molecule has 0 atom stereocenters. The molecule has 9 nitrogen and oxygen atoms in total. The quantitative estimate of drug-likeness (QED) is 0.439. The normalized spacial score (nSPS) is 10.9. The molecule has 3 aromatic heterocycles. The lowest BCUT2D eigenvalue weighted by atomic mass is 10.0. The molecule has 0 radical (unpaired) electrons. The number of unbranched alkanes of at least 4 members (excludes halogenated alkanes) is 1. The number of carbonyl (C=O) groups is 1. The van der Waals surface area contributed by atoms with E-state index in [1.54, 1.807) is 16.8 Å². The van der Waals surface area contributed by atoms with E-state index in [1.807, 2.05) is 36.4 Å². The molecule has 0 fully saturated rings. The Morgan fingerprint density at radius 2 is 1.94 bits per heavy atom. The van der Waals surface area contributed by atoms with Crippen molar-refractivity contribution in [3.63, 3.8) is 0 Å². The van der Waals surface area contributed by atoms with Crippen LogP contribution in [0.25, 0.3) is 22.5 Å². The van der Waals surface area contributed by atoms with Crippen molar-refractivity contribution in [3.05, 3.63) is 82.0 Å². The van der Waals surface area contributed by atoms with E-state index < -0.39 is 5.97 Å². The number of aromatic nitrogens is 6. The second kappa shape index (κ2) is 9.34. The minimum absolute atomic E-state index is 0.0127. The first kappa shape index (κ1) is 21.1. The van der Waals surface area contributed by atoms with Gasteiger partial charge in [0.05, 0.1) is 17.8 Å². The third-order valence-corrected chi connectivity index (χ3v) is 5.22. The average Bonchev–Trinajstić information content (AvgIpc) is 3.34. The first-order valence-corrected chi connectivity index (χ1v) is 10.3. The summed E-state index contributed by atoms with van der Waals surface area (Å²) in [5, 5.41) is 23.5. The molecule has 0 aliphatic carbocycles. The zero-order valence-electron chi connectivity index (χ0n) is 17.5. The molecule has 0 saturated heterocycles. The Morgan fingerprint density at radius 1 is 1.12 bits per heavy atom. The Labute approximate surface area is 183 Å². The molecule has 32 heavy (non-hydrogen) atoms. The van der Waals surface area contributed by atoms with Crippen LogP contribution in [0.5, 0.6) is 0 Å². The van der Waals surface area contributed by atoms with Crippen molar-refractivity contribution in [2.24, 2.45) is 0 Å². The van der Waals surface area contributed by atoms with Gasteiger partial charge in [0.1, 0.15) is 0 Å². The van der Waals surface area contributed by atoms with Gasteiger partial charge < -0.3 is 9.67 Å². The molecule has 0 unspecified atom stereocenters. The third-order valence-electron chi connectivity index (χ3n) is 5.22. The molecule has 0 aliphatic heterocycles. The molecule has 4 aromatic rings. The number of H-pyrrole nitrogens is 1. The molecule has 9 heteroatoms. The van der Waals surface area contributed by atoms with Gasteiger partial charge in [0.2, 0.25) is 5.82 Å². The second-order valence-electron chi connectivity index (χ2n) is 7.39. The fraction of sp³-hybridized carbons (Fsp3) is 0.217. The van der Waals surface area contributed by atoms with Crippen molar-refractivity contribution < 1.29 is 9.90 Å². The highest BCUT2D eigenvalue weighted by molar-refractivity contribution is 5.87. The van der Waals surface area contributed by atoms with Crippen molar-refractivity contribution in [2.45, 2.75) is 32.7 Å². The minimum atomic E-state index is -1.10. The Hall–Kier alpha value is -4.14. The molecule has 4 rings (SSSR count). The summed E-state index contributed by atoms with van der Waals surface area (Å²) in [5.41, 5.74) is 3.70. The molecule has 0 saturated carbocycles. The lowest BCUT2D eigenvalue weighted by molar-refractivity contribution is 0.0696. The zero-order chi connectivity index (χ0) is 22.5. The highest BCUT2D eigenvalue weighted by atomic mass is 16.4. The van der Waals surface area contributed by atoms with E-state index in [-0.39, 0.29) is 17.7 Å². The first-order chi connectivity index (χ1) is 15.6. The van der Waals surface area contributed by atoms with Crippen LogP contribution in [-0.4, -0.2) is 41.3 Å². The maximum absolute atomic E-state index is 12.6. The van der Waals surface area contributed by atoms with E-state index in [9.17, 15) is 14.7 Å². The van der Waals surface area contributed by atoms with Crippen LogP contribution in [0.15, 0.2) is 59.5 Å². The number of hydrogen-bond acceptors (Lipinski definition) is 6. The number of aryl methyl sites for hydroxylation is 1. The van der Waals surface area contributed by atoms with E-state index in [4.69, 9.17) is 0 Å². The van der Waals surface area contributed by atoms with Crippen LogP contribution >= 0.6 is 0 Å². The van der Waals surface area contributed by atoms with Crippen molar-refractivity contribution in [2.75, 3.05) is 0 Å². The maximum Gasteiger partial charge on any atom is 0.335 e. The number of pyridine rings is 2. The van der Waals surface area contributed by atoms with Crippen molar-refractivity contribution in [1.82, 2.24) is 30.2 Å². The van der Waals surface area contributed by atoms with Crippen LogP contribution < -0.4 is 5.56 Å². The van der Waals surface area contributed by atoms with Crippen LogP contribution in [0.1, 0.15) is 41.5 Å². The van der Waals surface area contributed by atoms with Crippen molar-refractivity contribution in [1.29, 1.82) is 0 Å². The van der Waals surface area contributed by atoms with Crippen LogP contribution in [-0.2, 0) is 13.0 Å². The summed E-state index contributed by atoms with van der Waals surface area (Å²) in [7, 11) is 0. The zero-order valence-corrected chi connectivity index (χ0v) is 17.5. The molecule has 0 spiro atoms. The van der Waals surface area contributed by atoms with E-state index in [0.29, 0.717) is 23.6 Å². The van der Waals surface area contributed by atoms with Gasteiger partial charge in [-0.15, -0.1) is 10.2 Å². The summed E-state index contributed by atoms with van der Waals surface area (Å²) < 4.78 is 1.59. The van der Waals surface area contributed by atoms with Gasteiger partial charge >= 0.3 is 5.97 Å². The summed E-state index contributed by atoms with van der Waals surface area (Å²) in [6, 6.07) is 14.2. The summed E-state index contributed by atoms with van der Waals surface area (Å²) in [5.74, 6) is -0.606. The number of hydrogen-bond donors (Lipinski definition) is 2. The summed E-state index contributed by atoms with van der Waals surface area (Å²) in [6.45, 7) is 2.32. The average molecular weight is 430 g/mol. The van der Waals surface area contributed by atoms with Gasteiger partial charge in [-0.3, -0.25) is 9.78 Å². The topological polar surface area (TPSA) is 127 Å². The van der Waals surface area contributed by atoms with Gasteiger partial charge in [0.25, 0.3) is 5.56 Å². The van der Waals surface area contributed by atoms with Crippen LogP contribution in [0.2, 0.25) is 0 Å². The lowest BCUT2D eigenvalue weighted by Crippen LogP contribution is -2.25. The molecule has 162 valence electrons. The maximum atomic E-state index is 12.6. The van der Waals surface area contributed by atoms with Crippen LogP contribution in [0.3, 0.4) is 0 Å². The number of nitrogens with zero attached hydrogens (tertiary/aromatic N) is 5. The van der Waals surface area contributed by atoms with Gasteiger partial charge in [-0.2, -0.15) is 5.21 Å². The summed E-state index contributed by atoms with van der Waals surface area (Å²) >= 11 is 0. The Balaban J connectivity index is 1.64. The third kappa shape index (κ3) is 4.46. The SMILES string of the molecule is CCCCc1cc(C(=O)O)cc(=O)n1Cc1ccc(-c2ccccc2-c2nn[nH]n2)cn1. The standard InChI is InChI=1S/C23H22N6O3/c1-2-3-6-18-11-16(23(31)32)12-21(30)29(18)14-17-10-9-15(13-24-17)19-7-4-5-8-20(19)22-25-27-28-26-22/h4-5,7-13H,2-3,6,14H2,1H3,(H,31,32)(H,25,26,27,28). The highest BCUT2D eigenvalue weighted by Crippen LogP contribution is 2.29. The largest absolute Gasteiger partial charge is 0.478 e. The number of tetrazole rings is 1. The monoisotopic (exact) mass is 430 g/mol. The molecular weight excluding hydrogens is 408 g/mol. The minimum Gasteiger partial charge on any atom is -0.478 e.